The Bertz CT molecular complexity index is 654. The van der Waals surface area contributed by atoms with Gasteiger partial charge in [0.15, 0.2) is 11.5 Å². The first kappa shape index (κ1) is 12.4. The lowest BCUT2D eigenvalue weighted by atomic mass is 10.2. The van der Waals surface area contributed by atoms with Gasteiger partial charge in [-0.2, -0.15) is 4.98 Å². The maximum atomic E-state index is 11.2. The quantitative estimate of drug-likeness (QED) is 0.783. The summed E-state index contributed by atoms with van der Waals surface area (Å²) in [5.74, 6) is -0.0231. The Hall–Kier alpha value is -2.02. The van der Waals surface area contributed by atoms with Crippen LogP contribution in [0.25, 0.3) is 11.4 Å². The fraction of sp³-hybridized carbons (Fsp3) is 0.0909. The van der Waals surface area contributed by atoms with Crippen LogP contribution in [-0.2, 0) is 0 Å². The molecule has 0 saturated heterocycles. The topological polar surface area (TPSA) is 95.4 Å². The number of aromatic nitrogens is 2. The summed E-state index contributed by atoms with van der Waals surface area (Å²) < 4.78 is 5.38. The highest BCUT2D eigenvalue weighted by Crippen LogP contribution is 2.37. The summed E-state index contributed by atoms with van der Waals surface area (Å²) in [6.45, 7) is 0. The molecular weight excluding hydrogens is 304 g/mol. The molecule has 0 radical (unpaired) electrons. The average molecular weight is 313 g/mol. The zero-order chi connectivity index (χ0) is 13.3. The van der Waals surface area contributed by atoms with Crippen LogP contribution in [0.2, 0.25) is 0 Å². The molecule has 0 amide bonds. The number of aromatic amines is 1. The maximum absolute atomic E-state index is 11.2. The number of halogens is 1. The lowest BCUT2D eigenvalue weighted by molar-refractivity contribution is 0.372. The molecule has 2 aromatic rings. The number of phenols is 1. The van der Waals surface area contributed by atoms with Gasteiger partial charge in [-0.1, -0.05) is 0 Å². The summed E-state index contributed by atoms with van der Waals surface area (Å²) in [7, 11) is 1.41. The number of hydrogen-bond acceptors (Lipinski definition) is 5. The number of ether oxygens (including phenoxy) is 1. The van der Waals surface area contributed by atoms with Gasteiger partial charge < -0.3 is 19.9 Å². The Kier molecular flexibility index (Phi) is 3.24. The third-order valence-electron chi connectivity index (χ3n) is 2.25. The van der Waals surface area contributed by atoms with Crippen molar-refractivity contribution < 1.29 is 14.9 Å². The summed E-state index contributed by atoms with van der Waals surface area (Å²) in [6, 6.07) is 4.02. The zero-order valence-electron chi connectivity index (χ0n) is 9.27. The first-order valence-corrected chi connectivity index (χ1v) is 5.67. The Labute approximate surface area is 110 Å². The predicted molar refractivity (Wildman–Crippen MR) is 67.9 cm³/mol. The van der Waals surface area contributed by atoms with E-state index < -0.39 is 5.56 Å². The van der Waals surface area contributed by atoms with Crippen molar-refractivity contribution in [3.63, 3.8) is 0 Å². The first-order chi connectivity index (χ1) is 8.51. The van der Waals surface area contributed by atoms with E-state index in [1.54, 1.807) is 6.07 Å². The summed E-state index contributed by atoms with van der Waals surface area (Å²) >= 11 is 3.16. The van der Waals surface area contributed by atoms with Crippen LogP contribution in [0.3, 0.4) is 0 Å². The van der Waals surface area contributed by atoms with Gasteiger partial charge >= 0.3 is 0 Å². The Morgan fingerprint density at radius 1 is 1.33 bits per heavy atom. The van der Waals surface area contributed by atoms with Gasteiger partial charge in [0, 0.05) is 5.56 Å². The Balaban J connectivity index is 2.64. The van der Waals surface area contributed by atoms with Gasteiger partial charge in [-0.3, -0.25) is 4.79 Å². The van der Waals surface area contributed by atoms with Gasteiger partial charge in [-0.25, -0.2) is 0 Å². The molecule has 18 heavy (non-hydrogen) atoms. The fourth-order valence-electron chi connectivity index (χ4n) is 1.45. The van der Waals surface area contributed by atoms with Crippen molar-refractivity contribution in [1.29, 1.82) is 0 Å². The molecule has 0 saturated carbocycles. The molecule has 1 heterocycles. The largest absolute Gasteiger partial charge is 0.503 e. The van der Waals surface area contributed by atoms with Gasteiger partial charge in [0.1, 0.15) is 5.82 Å². The number of hydrogen-bond donors (Lipinski definition) is 3. The zero-order valence-corrected chi connectivity index (χ0v) is 10.9. The van der Waals surface area contributed by atoms with Gasteiger partial charge in [-0.05, 0) is 28.1 Å². The van der Waals surface area contributed by atoms with Gasteiger partial charge in [0.2, 0.25) is 5.88 Å². The third kappa shape index (κ3) is 2.30. The third-order valence-corrected chi connectivity index (χ3v) is 2.85. The van der Waals surface area contributed by atoms with Crippen LogP contribution in [0.4, 0.5) is 0 Å². The molecule has 94 valence electrons. The highest BCUT2D eigenvalue weighted by atomic mass is 79.9. The number of nitrogens with zero attached hydrogens (tertiary/aromatic N) is 1. The molecule has 0 fully saturated rings. The molecule has 1 aromatic carbocycles. The summed E-state index contributed by atoms with van der Waals surface area (Å²) in [4.78, 5) is 17.5. The van der Waals surface area contributed by atoms with E-state index in [-0.39, 0.29) is 23.2 Å². The molecular formula is C11H9BrN2O4. The lowest BCUT2D eigenvalue weighted by Crippen LogP contribution is -2.06. The van der Waals surface area contributed by atoms with Crippen LogP contribution in [0, 0.1) is 0 Å². The minimum Gasteiger partial charge on any atom is -0.503 e. The second-order valence-electron chi connectivity index (χ2n) is 3.46. The number of phenolic OH excluding ortho intramolecular Hbond substituents is 1. The van der Waals surface area contributed by atoms with Crippen LogP contribution in [0.1, 0.15) is 0 Å². The summed E-state index contributed by atoms with van der Waals surface area (Å²) in [5.41, 5.74) is 0.0187. The van der Waals surface area contributed by atoms with Crippen LogP contribution < -0.4 is 10.3 Å². The van der Waals surface area contributed by atoms with E-state index in [0.717, 1.165) is 6.07 Å². The van der Waals surface area contributed by atoms with Crippen molar-refractivity contribution in [3.05, 3.63) is 33.0 Å². The standard InChI is InChI=1S/C11H9BrN2O4/c1-18-7-3-5(2-6(12)10(7)17)11-13-8(15)4-9(16)14-11/h2-4,17H,1H3,(H2,13,14,15,16). The predicted octanol–water partition coefficient (Wildman–Crippen LogP) is 1.62. The summed E-state index contributed by atoms with van der Waals surface area (Å²) in [5, 5.41) is 18.9. The second-order valence-corrected chi connectivity index (χ2v) is 4.32. The molecule has 0 bridgehead atoms. The number of rotatable bonds is 2. The van der Waals surface area contributed by atoms with Gasteiger partial charge in [0.25, 0.3) is 5.56 Å². The van der Waals surface area contributed by atoms with E-state index in [4.69, 9.17) is 4.74 Å². The minimum atomic E-state index is -0.472. The molecule has 0 aliphatic heterocycles. The molecule has 0 unspecified atom stereocenters. The number of aromatic hydroxyl groups is 2. The van der Waals surface area contributed by atoms with Crippen molar-refractivity contribution in [2.45, 2.75) is 0 Å². The molecule has 0 atom stereocenters. The maximum Gasteiger partial charge on any atom is 0.254 e. The summed E-state index contributed by atoms with van der Waals surface area (Å²) in [6.07, 6.45) is 0. The van der Waals surface area contributed by atoms with Crippen molar-refractivity contribution in [3.8, 4) is 28.8 Å². The van der Waals surface area contributed by atoms with E-state index in [0.29, 0.717) is 10.0 Å². The molecule has 0 spiro atoms. The molecule has 1 aromatic heterocycles. The molecule has 2 rings (SSSR count). The normalized spacial score (nSPS) is 10.3. The van der Waals surface area contributed by atoms with Crippen molar-refractivity contribution in [2.24, 2.45) is 0 Å². The average Bonchev–Trinajstić information content (AvgIpc) is 2.31. The van der Waals surface area contributed by atoms with Crippen LogP contribution >= 0.6 is 15.9 Å². The minimum absolute atomic E-state index is 0.0521. The molecule has 3 N–H and O–H groups in total. The van der Waals surface area contributed by atoms with E-state index in [9.17, 15) is 15.0 Å². The van der Waals surface area contributed by atoms with Crippen molar-refractivity contribution in [2.75, 3.05) is 7.11 Å². The highest BCUT2D eigenvalue weighted by molar-refractivity contribution is 9.10. The lowest BCUT2D eigenvalue weighted by Gasteiger charge is -2.08. The molecule has 0 aliphatic carbocycles. The second kappa shape index (κ2) is 4.69. The SMILES string of the molecule is COc1cc(-c2nc(O)cc(=O)[nH]2)cc(Br)c1O. The fourth-order valence-corrected chi connectivity index (χ4v) is 1.89. The molecule has 7 heteroatoms. The monoisotopic (exact) mass is 312 g/mol. The number of H-pyrrole nitrogens is 1. The highest BCUT2D eigenvalue weighted by Gasteiger charge is 2.11. The van der Waals surface area contributed by atoms with E-state index in [2.05, 4.69) is 25.9 Å². The van der Waals surface area contributed by atoms with E-state index in [1.807, 2.05) is 0 Å². The van der Waals surface area contributed by atoms with Crippen LogP contribution in [-0.4, -0.2) is 27.3 Å². The number of nitrogens with one attached hydrogen (secondary N) is 1. The first-order valence-electron chi connectivity index (χ1n) is 4.88. The van der Waals surface area contributed by atoms with Crippen molar-refractivity contribution in [1.82, 2.24) is 9.97 Å². The number of benzene rings is 1. The van der Waals surface area contributed by atoms with Gasteiger partial charge in [-0.15, -0.1) is 0 Å². The molecule has 0 aliphatic rings. The Morgan fingerprint density at radius 3 is 2.67 bits per heavy atom. The van der Waals surface area contributed by atoms with Crippen molar-refractivity contribution >= 4 is 15.9 Å². The van der Waals surface area contributed by atoms with Crippen LogP contribution in [0.15, 0.2) is 27.5 Å². The van der Waals surface area contributed by atoms with E-state index >= 15 is 0 Å². The van der Waals surface area contributed by atoms with Crippen LogP contribution in [0.5, 0.6) is 17.4 Å². The molecule has 6 nitrogen and oxygen atoms in total. The van der Waals surface area contributed by atoms with Gasteiger partial charge in [0.05, 0.1) is 17.6 Å². The number of methoxy groups -OCH3 is 1. The Morgan fingerprint density at radius 2 is 2.06 bits per heavy atom. The smallest absolute Gasteiger partial charge is 0.254 e. The van der Waals surface area contributed by atoms with E-state index in [1.165, 1.54) is 13.2 Å².